The van der Waals surface area contributed by atoms with Crippen LogP contribution in [0.3, 0.4) is 0 Å². The molecule has 0 spiro atoms. The molecule has 28 heteroatoms. The molecule has 9 rings (SSSR count). The fourth-order valence-corrected chi connectivity index (χ4v) is 12.9. The number of morpholine rings is 1. The van der Waals surface area contributed by atoms with Crippen LogP contribution >= 0.6 is 0 Å². The normalized spacial score (nSPS) is 24.7. The maximum atomic E-state index is 14.8. The van der Waals surface area contributed by atoms with Gasteiger partial charge in [-0.25, -0.2) is 4.79 Å². The number of aromatic hydroxyl groups is 2. The van der Waals surface area contributed by atoms with Gasteiger partial charge in [0.2, 0.25) is 23.5 Å². The lowest BCUT2D eigenvalue weighted by molar-refractivity contribution is -0.244. The number of hydrogen-bond donors (Lipinski definition) is 12. The van der Waals surface area contributed by atoms with Gasteiger partial charge in [0.25, 0.3) is 5.91 Å². The van der Waals surface area contributed by atoms with Crippen molar-refractivity contribution in [3.63, 3.8) is 0 Å². The number of hydrogen-bond acceptors (Lipinski definition) is 23. The van der Waals surface area contributed by atoms with Crippen molar-refractivity contribution in [2.45, 2.75) is 159 Å². The molecule has 4 unspecified atom stereocenters. The molecular weight excluding hydrogens is 1190 g/mol. The molecule has 4 heterocycles. The van der Waals surface area contributed by atoms with Crippen LogP contribution in [0.2, 0.25) is 0 Å². The molecule has 91 heavy (non-hydrogen) atoms. The first kappa shape index (κ1) is 68.2. The first-order valence-electron chi connectivity index (χ1n) is 31.1. The van der Waals surface area contributed by atoms with Crippen molar-refractivity contribution < 1.29 is 93.0 Å². The fourth-order valence-electron chi connectivity index (χ4n) is 12.9. The first-order chi connectivity index (χ1) is 43.5. The highest BCUT2D eigenvalue weighted by atomic mass is 16.7. The monoisotopic (exact) mass is 1270 g/mol. The molecule has 5 amide bonds. The van der Waals surface area contributed by atoms with Gasteiger partial charge in [0, 0.05) is 93.0 Å². The zero-order chi connectivity index (χ0) is 65.4. The number of anilines is 1. The quantitative estimate of drug-likeness (QED) is 0.0249. The van der Waals surface area contributed by atoms with E-state index >= 15 is 0 Å². The van der Waals surface area contributed by atoms with Gasteiger partial charge in [-0.05, 0) is 87.7 Å². The molecule has 0 bridgehead atoms. The molecule has 11 atom stereocenters. The van der Waals surface area contributed by atoms with E-state index in [4.69, 9.17) is 29.4 Å². The topological polar surface area (TPSA) is 394 Å². The van der Waals surface area contributed by atoms with Crippen LogP contribution in [0, 0.1) is 5.92 Å². The van der Waals surface area contributed by atoms with E-state index in [0.29, 0.717) is 69.5 Å². The third kappa shape index (κ3) is 15.8. The third-order valence-corrected chi connectivity index (χ3v) is 17.6. The molecule has 0 radical (unpaired) electrons. The lowest BCUT2D eigenvalue weighted by atomic mass is 9.72. The van der Waals surface area contributed by atoms with Crippen molar-refractivity contribution in [3.05, 3.63) is 93.6 Å². The highest BCUT2D eigenvalue weighted by Gasteiger charge is 2.52. The summed E-state index contributed by atoms with van der Waals surface area (Å²) in [4.78, 5) is 102. The van der Waals surface area contributed by atoms with Crippen molar-refractivity contribution in [1.29, 1.82) is 0 Å². The average molecular weight is 1270 g/mol. The SMILES string of the molecule is COc1cccc2c1C(=O)c1c(O)c3c(c(O)c1C2=O)C[C@@](O)(C(=O)N1CCN(C(=O)OCc2ccc(NC(=O)[C@H](CCCNC(N)O)NC(=O)[C@@H](NC(O)CCCCCN4C(=O)C=CC4O)C(C)C)cc2)CC1)C[C@@H]3O[C@H]1CC(N2CCOC[C@H]2O)C[C@H](C)O1. The Hall–Kier alpha value is -7.19. The second-order valence-electron chi connectivity index (χ2n) is 24.4. The Bertz CT molecular complexity index is 3180. The molecule has 3 aromatic carbocycles. The number of nitrogens with two attached hydrogens (primary N) is 1. The van der Waals surface area contributed by atoms with Crippen LogP contribution in [0.15, 0.2) is 54.6 Å². The van der Waals surface area contributed by atoms with Gasteiger partial charge in [-0.1, -0.05) is 44.5 Å². The van der Waals surface area contributed by atoms with E-state index in [1.54, 1.807) is 38.1 Å². The number of ketones is 2. The largest absolute Gasteiger partial charge is 0.507 e. The summed E-state index contributed by atoms with van der Waals surface area (Å²) in [5, 5.41) is 89.5. The number of nitrogens with zero attached hydrogens (tertiary/aromatic N) is 4. The number of phenolic OH excluding ortho intramolecular Hbond substituents is 2. The van der Waals surface area contributed by atoms with E-state index in [0.717, 1.165) is 0 Å². The van der Waals surface area contributed by atoms with E-state index in [9.17, 15) is 69.3 Å². The van der Waals surface area contributed by atoms with Crippen LogP contribution < -0.4 is 31.7 Å². The van der Waals surface area contributed by atoms with E-state index in [2.05, 4.69) is 21.3 Å². The van der Waals surface area contributed by atoms with Gasteiger partial charge in [0.15, 0.2) is 18.4 Å². The van der Waals surface area contributed by atoms with E-state index in [1.165, 1.54) is 52.2 Å². The van der Waals surface area contributed by atoms with E-state index in [-0.39, 0.29) is 105 Å². The number of rotatable bonds is 25. The van der Waals surface area contributed by atoms with Crippen LogP contribution in [0.5, 0.6) is 17.2 Å². The number of aliphatic hydroxyl groups excluding tert-OH is 4. The maximum absolute atomic E-state index is 14.8. The van der Waals surface area contributed by atoms with Crippen molar-refractivity contribution in [2.24, 2.45) is 11.7 Å². The second-order valence-corrected chi connectivity index (χ2v) is 24.4. The Balaban J connectivity index is 0.810. The van der Waals surface area contributed by atoms with Crippen molar-refractivity contribution in [3.8, 4) is 17.2 Å². The number of carbonyl (C=O) groups is 7. The number of nitrogens with one attached hydrogen (secondary N) is 4. The summed E-state index contributed by atoms with van der Waals surface area (Å²) in [6, 6.07) is 8.66. The fraction of sp³-hybridized carbons (Fsp3) is 0.571. The summed E-state index contributed by atoms with van der Waals surface area (Å²) in [6.07, 6.45) is -2.72. The molecular formula is C63H85N9O19. The molecule has 2 aliphatic carbocycles. The van der Waals surface area contributed by atoms with Crippen molar-refractivity contribution in [1.82, 2.24) is 35.6 Å². The summed E-state index contributed by atoms with van der Waals surface area (Å²) < 4.78 is 29.4. The average Bonchev–Trinajstić information content (AvgIpc) is 0.966. The molecule has 28 nitrogen and oxygen atoms in total. The van der Waals surface area contributed by atoms with Crippen LogP contribution in [0.1, 0.15) is 133 Å². The molecule has 3 saturated heterocycles. The number of benzene rings is 3. The lowest BCUT2D eigenvalue weighted by Crippen LogP contribution is -2.59. The highest BCUT2D eigenvalue weighted by Crippen LogP contribution is 2.53. The molecule has 3 fully saturated rings. The number of methoxy groups -OCH3 is 1. The molecule has 3 aromatic rings. The van der Waals surface area contributed by atoms with Gasteiger partial charge >= 0.3 is 6.09 Å². The smallest absolute Gasteiger partial charge is 0.410 e. The Kier molecular flexibility index (Phi) is 22.5. The number of aliphatic hydroxyl groups is 5. The van der Waals surface area contributed by atoms with E-state index in [1.807, 2.05) is 11.8 Å². The van der Waals surface area contributed by atoms with Crippen LogP contribution in [0.4, 0.5) is 10.5 Å². The summed E-state index contributed by atoms with van der Waals surface area (Å²) in [6.45, 7) is 6.65. The van der Waals surface area contributed by atoms with E-state index < -0.39 is 132 Å². The van der Waals surface area contributed by atoms with Crippen molar-refractivity contribution >= 4 is 47.0 Å². The summed E-state index contributed by atoms with van der Waals surface area (Å²) >= 11 is 0. The van der Waals surface area contributed by atoms with Gasteiger partial charge in [0.1, 0.15) is 54.2 Å². The number of amides is 5. The molecule has 4 aliphatic heterocycles. The summed E-state index contributed by atoms with van der Waals surface area (Å²) in [5.41, 5.74) is 2.54. The minimum absolute atomic E-state index is 0.00577. The maximum Gasteiger partial charge on any atom is 0.410 e. The van der Waals surface area contributed by atoms with Gasteiger partial charge in [-0.15, -0.1) is 0 Å². The van der Waals surface area contributed by atoms with Gasteiger partial charge < -0.3 is 84.8 Å². The summed E-state index contributed by atoms with van der Waals surface area (Å²) in [7, 11) is 1.33. The number of unbranched alkanes of at least 4 members (excludes halogenated alkanes) is 2. The standard InChI is InChI=1S/C63H85N9O19/c1-34(2)53(68-44(73)13-6-5-7-21-72-45(74)18-19-46(72)75)59(82)67-41(11-9-20-65-61(64)84)58(81)66-37-16-14-36(15-17-37)32-89-62(85)70-24-22-69(23-25-70)60(83)63(86)30-40-50(43(31-63)91-48-29-38(28-35(3)90-48)71-26-27-88-33-47(71)76)57(80)52-51(55(40)78)54(77)39-10-8-12-42(87-4)49(39)56(52)79/h8,10,12,14-19,34-35,38,41,43-45,47-48,53,61,65,68,73-74,76,78,80,84,86H,5-7,9,11,13,20-33,64H2,1-4H3,(H,66,81)(H,67,82)/t35-,38?,41-,43-,44?,45?,47+,48-,53-,61?,63-/m0/s1. The lowest BCUT2D eigenvalue weighted by Gasteiger charge is -2.46. The van der Waals surface area contributed by atoms with Gasteiger partial charge in [-0.3, -0.25) is 50.0 Å². The van der Waals surface area contributed by atoms with Crippen molar-refractivity contribution in [2.75, 3.05) is 71.5 Å². The second kappa shape index (κ2) is 30.0. The van der Waals surface area contributed by atoms with Gasteiger partial charge in [-0.2, -0.15) is 0 Å². The number of phenols is 2. The molecule has 13 N–H and O–H groups in total. The molecule has 6 aliphatic rings. The predicted octanol–water partition coefficient (Wildman–Crippen LogP) is 0.880. The zero-order valence-electron chi connectivity index (χ0n) is 51.6. The minimum atomic E-state index is -2.33. The minimum Gasteiger partial charge on any atom is -0.507 e. The zero-order valence-corrected chi connectivity index (χ0v) is 51.6. The first-order valence-corrected chi connectivity index (χ1v) is 31.1. The van der Waals surface area contributed by atoms with Crippen LogP contribution in [-0.4, -0.2) is 224 Å². The van der Waals surface area contributed by atoms with Crippen LogP contribution in [-0.2, 0) is 51.2 Å². The molecule has 0 saturated carbocycles. The number of carbonyl (C=O) groups excluding carboxylic acids is 7. The Morgan fingerprint density at radius 1 is 0.857 bits per heavy atom. The number of piperazine rings is 1. The predicted molar refractivity (Wildman–Crippen MR) is 323 cm³/mol. The Labute approximate surface area is 526 Å². The van der Waals surface area contributed by atoms with Gasteiger partial charge in [0.05, 0.1) is 55.3 Å². The van der Waals surface area contributed by atoms with Crippen LogP contribution in [0.25, 0.3) is 0 Å². The highest BCUT2D eigenvalue weighted by molar-refractivity contribution is 6.31. The molecule has 496 valence electrons. The third-order valence-electron chi connectivity index (χ3n) is 17.6. The Morgan fingerprint density at radius 2 is 1.58 bits per heavy atom. The summed E-state index contributed by atoms with van der Waals surface area (Å²) in [5.74, 6) is -5.32. The Morgan fingerprint density at radius 3 is 2.26 bits per heavy atom. The number of fused-ring (bicyclic) bond motifs is 3. The molecule has 0 aromatic heterocycles. The number of ether oxygens (including phenoxy) is 5.